The van der Waals surface area contributed by atoms with E-state index in [1.807, 2.05) is 24.5 Å². The minimum Gasteiger partial charge on any atom is -0.308 e. The van der Waals surface area contributed by atoms with Crippen LogP contribution in [0.25, 0.3) is 0 Å². The monoisotopic (exact) mass is 311 g/mol. The zero-order valence-corrected chi connectivity index (χ0v) is 14.5. The van der Waals surface area contributed by atoms with Gasteiger partial charge < -0.3 is 5.32 Å². The second-order valence-corrected chi connectivity index (χ2v) is 6.13. The van der Waals surface area contributed by atoms with Crippen molar-refractivity contribution in [2.45, 2.75) is 65.0 Å². The quantitative estimate of drug-likeness (QED) is 0.710. The predicted molar refractivity (Wildman–Crippen MR) is 96.3 cm³/mol. The van der Waals surface area contributed by atoms with Crippen LogP contribution in [0.4, 0.5) is 0 Å². The lowest BCUT2D eigenvalue weighted by molar-refractivity contribution is 0.443. The first-order valence-electron chi connectivity index (χ1n) is 8.89. The zero-order chi connectivity index (χ0) is 16.3. The Morgan fingerprint density at radius 3 is 2.52 bits per heavy atom. The smallest absolute Gasteiger partial charge is 0.0541 e. The molecule has 0 amide bonds. The van der Waals surface area contributed by atoms with E-state index in [-0.39, 0.29) is 0 Å². The van der Waals surface area contributed by atoms with Crippen LogP contribution in [-0.2, 0) is 19.4 Å². The molecule has 0 radical (unpaired) electrons. The Morgan fingerprint density at radius 2 is 1.78 bits per heavy atom. The molecule has 0 aromatic carbocycles. The van der Waals surface area contributed by atoms with Crippen molar-refractivity contribution in [2.24, 2.45) is 0 Å². The third kappa shape index (κ3) is 6.49. The van der Waals surface area contributed by atoms with Crippen molar-refractivity contribution >= 4 is 0 Å². The molecule has 0 fully saturated rings. The summed E-state index contributed by atoms with van der Waals surface area (Å²) in [7, 11) is 0. The first-order valence-corrected chi connectivity index (χ1v) is 8.89. The highest BCUT2D eigenvalue weighted by Gasteiger charge is 2.09. The second-order valence-electron chi connectivity index (χ2n) is 6.13. The Morgan fingerprint density at radius 1 is 0.913 bits per heavy atom. The molecule has 0 spiro atoms. The molecule has 124 valence electrons. The van der Waals surface area contributed by atoms with E-state index in [9.17, 15) is 0 Å². The molecular weight excluding hydrogens is 282 g/mol. The number of aromatic nitrogens is 2. The molecule has 1 N–H and O–H groups in total. The fourth-order valence-corrected chi connectivity index (χ4v) is 2.88. The minimum absolute atomic E-state index is 0.527. The van der Waals surface area contributed by atoms with Gasteiger partial charge in [0, 0.05) is 30.7 Å². The Labute approximate surface area is 140 Å². The van der Waals surface area contributed by atoms with Crippen LogP contribution in [0.5, 0.6) is 0 Å². The fraction of sp³-hybridized carbons (Fsp3) is 0.500. The van der Waals surface area contributed by atoms with E-state index >= 15 is 0 Å². The van der Waals surface area contributed by atoms with Gasteiger partial charge in [-0.2, -0.15) is 0 Å². The van der Waals surface area contributed by atoms with Crippen LogP contribution in [0.15, 0.2) is 42.7 Å². The van der Waals surface area contributed by atoms with E-state index in [2.05, 4.69) is 47.3 Å². The van der Waals surface area contributed by atoms with Crippen LogP contribution in [0.1, 0.15) is 56.5 Å². The van der Waals surface area contributed by atoms with Crippen molar-refractivity contribution < 1.29 is 0 Å². The normalized spacial score (nSPS) is 12.3. The van der Waals surface area contributed by atoms with Crippen LogP contribution in [0.3, 0.4) is 0 Å². The summed E-state index contributed by atoms with van der Waals surface area (Å²) in [5.74, 6) is 0. The van der Waals surface area contributed by atoms with Gasteiger partial charge in [0.05, 0.1) is 5.69 Å². The largest absolute Gasteiger partial charge is 0.308 e. The molecule has 2 aromatic heterocycles. The molecule has 0 aliphatic heterocycles. The summed E-state index contributed by atoms with van der Waals surface area (Å²) in [4.78, 5) is 8.92. The predicted octanol–water partition coefficient (Wildman–Crippen LogP) is 4.32. The van der Waals surface area contributed by atoms with Crippen molar-refractivity contribution in [3.05, 3.63) is 59.7 Å². The van der Waals surface area contributed by atoms with Gasteiger partial charge >= 0.3 is 0 Å². The first kappa shape index (κ1) is 17.6. The van der Waals surface area contributed by atoms with Gasteiger partial charge in [-0.15, -0.1) is 0 Å². The van der Waals surface area contributed by atoms with Crippen LogP contribution in [0.2, 0.25) is 0 Å². The van der Waals surface area contributed by atoms with Crippen LogP contribution < -0.4 is 5.32 Å². The molecule has 1 atom stereocenters. The maximum atomic E-state index is 4.53. The van der Waals surface area contributed by atoms with Crippen molar-refractivity contribution in [2.75, 3.05) is 0 Å². The molecule has 0 bridgehead atoms. The topological polar surface area (TPSA) is 37.8 Å². The number of rotatable bonds is 10. The van der Waals surface area contributed by atoms with Crippen LogP contribution >= 0.6 is 0 Å². The van der Waals surface area contributed by atoms with Crippen LogP contribution in [-0.4, -0.2) is 16.0 Å². The third-order valence-corrected chi connectivity index (χ3v) is 4.10. The summed E-state index contributed by atoms with van der Waals surface area (Å²) < 4.78 is 0. The molecule has 0 saturated heterocycles. The van der Waals surface area contributed by atoms with Gasteiger partial charge in [0.2, 0.25) is 0 Å². The lowest BCUT2D eigenvalue weighted by Gasteiger charge is -2.18. The number of pyridine rings is 2. The van der Waals surface area contributed by atoms with Gasteiger partial charge in [-0.05, 0) is 55.5 Å². The fourth-order valence-electron chi connectivity index (χ4n) is 2.88. The van der Waals surface area contributed by atoms with Gasteiger partial charge in [-0.3, -0.25) is 9.97 Å². The van der Waals surface area contributed by atoms with Crippen molar-refractivity contribution in [3.8, 4) is 0 Å². The lowest BCUT2D eigenvalue weighted by atomic mass is 10.0. The number of hydrogen-bond donors (Lipinski definition) is 1. The number of nitrogens with one attached hydrogen (secondary N) is 1. The summed E-state index contributed by atoms with van der Waals surface area (Å²) >= 11 is 0. The third-order valence-electron chi connectivity index (χ3n) is 4.10. The van der Waals surface area contributed by atoms with Crippen molar-refractivity contribution in [3.63, 3.8) is 0 Å². The van der Waals surface area contributed by atoms with Crippen molar-refractivity contribution in [1.82, 2.24) is 15.3 Å². The van der Waals surface area contributed by atoms with E-state index in [0.717, 1.165) is 31.5 Å². The first-order chi connectivity index (χ1) is 11.3. The SMILES string of the molecule is CCCc1ccnc(CCC(CCC)NCc2ccccn2)c1. The lowest BCUT2D eigenvalue weighted by Crippen LogP contribution is -2.29. The molecule has 0 aliphatic carbocycles. The molecule has 2 heterocycles. The van der Waals surface area contributed by atoms with Crippen molar-refractivity contribution in [1.29, 1.82) is 0 Å². The summed E-state index contributed by atoms with van der Waals surface area (Å²) in [6.45, 7) is 5.31. The summed E-state index contributed by atoms with van der Waals surface area (Å²) in [5, 5.41) is 3.66. The highest BCUT2D eigenvalue weighted by molar-refractivity contribution is 5.16. The summed E-state index contributed by atoms with van der Waals surface area (Å²) in [6.07, 6.45) is 10.7. The maximum absolute atomic E-state index is 4.53. The van der Waals surface area contributed by atoms with Gasteiger partial charge in [-0.25, -0.2) is 0 Å². The Balaban J connectivity index is 1.85. The average molecular weight is 311 g/mol. The zero-order valence-electron chi connectivity index (χ0n) is 14.5. The van der Waals surface area contributed by atoms with E-state index < -0.39 is 0 Å². The highest BCUT2D eigenvalue weighted by Crippen LogP contribution is 2.11. The molecule has 2 aromatic rings. The Bertz CT molecular complexity index is 554. The molecular formula is C20H29N3. The Hall–Kier alpha value is -1.74. The minimum atomic E-state index is 0.527. The molecule has 1 unspecified atom stereocenters. The maximum Gasteiger partial charge on any atom is 0.0541 e. The summed E-state index contributed by atoms with van der Waals surface area (Å²) in [6, 6.07) is 11.0. The molecule has 0 saturated carbocycles. The van der Waals surface area contributed by atoms with E-state index in [1.54, 1.807) is 0 Å². The molecule has 3 nitrogen and oxygen atoms in total. The summed E-state index contributed by atoms with van der Waals surface area (Å²) in [5.41, 5.74) is 3.74. The molecule has 3 heteroatoms. The van der Waals surface area contributed by atoms with Gasteiger partial charge in [-0.1, -0.05) is 32.8 Å². The van der Waals surface area contributed by atoms with E-state index in [4.69, 9.17) is 0 Å². The Kier molecular flexibility index (Phi) is 7.74. The second kappa shape index (κ2) is 10.1. The van der Waals surface area contributed by atoms with Crippen LogP contribution in [0, 0.1) is 0 Å². The molecule has 2 rings (SSSR count). The van der Waals surface area contributed by atoms with E-state index in [0.29, 0.717) is 6.04 Å². The van der Waals surface area contributed by atoms with E-state index in [1.165, 1.54) is 30.5 Å². The standard InChI is InChI=1S/C20H29N3/c1-3-7-17-12-14-22-19(15-17)11-10-18(8-4-2)23-16-20-9-5-6-13-21-20/h5-6,9,12-15,18,23H,3-4,7-8,10-11,16H2,1-2H3. The average Bonchev–Trinajstić information content (AvgIpc) is 2.59. The number of aryl methyl sites for hydroxylation is 2. The number of hydrogen-bond acceptors (Lipinski definition) is 3. The number of nitrogens with zero attached hydrogens (tertiary/aromatic N) is 2. The molecule has 0 aliphatic rings. The van der Waals surface area contributed by atoms with Gasteiger partial charge in [0.1, 0.15) is 0 Å². The van der Waals surface area contributed by atoms with Gasteiger partial charge in [0.15, 0.2) is 0 Å². The van der Waals surface area contributed by atoms with Gasteiger partial charge in [0.25, 0.3) is 0 Å². The molecule has 23 heavy (non-hydrogen) atoms. The highest BCUT2D eigenvalue weighted by atomic mass is 14.9.